The number of hydrogen-bond acceptors (Lipinski definition) is 3. The van der Waals surface area contributed by atoms with E-state index in [1.165, 1.54) is 12.3 Å². The molecule has 0 spiro atoms. The number of amides is 1. The van der Waals surface area contributed by atoms with Crippen LogP contribution < -0.4 is 5.14 Å². The summed E-state index contributed by atoms with van der Waals surface area (Å²) in [6.07, 6.45) is 5.56. The molecule has 1 aliphatic heterocycles. The Bertz CT molecular complexity index is 661. The zero-order chi connectivity index (χ0) is 15.2. The number of nitrogens with zero attached hydrogens (tertiary/aromatic N) is 2. The third kappa shape index (κ3) is 2.85. The Balaban J connectivity index is 1.90. The lowest BCUT2D eigenvalue weighted by atomic mass is 10.1. The molecule has 116 valence electrons. The van der Waals surface area contributed by atoms with Gasteiger partial charge in [-0.2, -0.15) is 0 Å². The van der Waals surface area contributed by atoms with Gasteiger partial charge in [-0.25, -0.2) is 13.6 Å². The Hall–Kier alpha value is -1.34. The van der Waals surface area contributed by atoms with Crippen molar-refractivity contribution < 1.29 is 13.2 Å². The lowest BCUT2D eigenvalue weighted by molar-refractivity contribution is 0.0776. The first kappa shape index (κ1) is 14.6. The molecular formula is C14H21N3O3S. The number of nitrogens with two attached hydrogens (primary N) is 1. The van der Waals surface area contributed by atoms with Gasteiger partial charge in [-0.3, -0.25) is 4.79 Å². The molecule has 2 aliphatic rings. The van der Waals surface area contributed by atoms with Crippen molar-refractivity contribution in [1.82, 2.24) is 9.47 Å². The lowest BCUT2D eigenvalue weighted by Gasteiger charge is -2.17. The van der Waals surface area contributed by atoms with Gasteiger partial charge in [0.2, 0.25) is 10.0 Å². The Morgan fingerprint density at radius 2 is 2.10 bits per heavy atom. The molecule has 1 saturated carbocycles. The van der Waals surface area contributed by atoms with Crippen molar-refractivity contribution in [2.75, 3.05) is 13.1 Å². The number of sulfonamides is 1. The Labute approximate surface area is 125 Å². The maximum atomic E-state index is 12.7. The summed E-state index contributed by atoms with van der Waals surface area (Å²) >= 11 is 0. The zero-order valence-electron chi connectivity index (χ0n) is 12.2. The van der Waals surface area contributed by atoms with Crippen LogP contribution in [-0.4, -0.2) is 36.9 Å². The molecule has 7 heteroatoms. The lowest BCUT2D eigenvalue weighted by Crippen LogP contribution is -2.30. The summed E-state index contributed by atoms with van der Waals surface area (Å²) in [6, 6.07) is 1.67. The van der Waals surface area contributed by atoms with Gasteiger partial charge in [-0.05, 0) is 31.2 Å². The molecule has 0 radical (unpaired) electrons. The number of carbonyl (C=O) groups is 1. The summed E-state index contributed by atoms with van der Waals surface area (Å²) in [6.45, 7) is 3.64. The Morgan fingerprint density at radius 1 is 1.38 bits per heavy atom. The van der Waals surface area contributed by atoms with Gasteiger partial charge >= 0.3 is 0 Å². The Morgan fingerprint density at radius 3 is 2.62 bits per heavy atom. The van der Waals surface area contributed by atoms with Crippen molar-refractivity contribution in [2.24, 2.45) is 11.1 Å². The van der Waals surface area contributed by atoms with E-state index in [0.717, 1.165) is 38.8 Å². The van der Waals surface area contributed by atoms with Crippen LogP contribution in [0, 0.1) is 5.92 Å². The highest BCUT2D eigenvalue weighted by molar-refractivity contribution is 7.89. The average Bonchev–Trinajstić information content (AvgIpc) is 3.01. The predicted molar refractivity (Wildman–Crippen MR) is 78.4 cm³/mol. The molecule has 0 bridgehead atoms. The minimum Gasteiger partial charge on any atom is -0.339 e. The SMILES string of the molecule is CCC1CCN(C(=O)c2cc(S(N)(=O)=O)cn2C2CC2)C1. The first-order valence-corrected chi connectivity index (χ1v) is 8.98. The van der Waals surface area contributed by atoms with Gasteiger partial charge in [0.25, 0.3) is 5.91 Å². The van der Waals surface area contributed by atoms with E-state index in [1.54, 1.807) is 4.57 Å². The van der Waals surface area contributed by atoms with Crippen molar-refractivity contribution >= 4 is 15.9 Å². The van der Waals surface area contributed by atoms with E-state index >= 15 is 0 Å². The van der Waals surface area contributed by atoms with Crippen LogP contribution in [0.5, 0.6) is 0 Å². The molecule has 1 unspecified atom stereocenters. The van der Waals surface area contributed by atoms with Crippen molar-refractivity contribution in [2.45, 2.75) is 43.5 Å². The average molecular weight is 311 g/mol. The summed E-state index contributed by atoms with van der Waals surface area (Å²) in [5.41, 5.74) is 0.457. The summed E-state index contributed by atoms with van der Waals surface area (Å²) in [4.78, 5) is 14.5. The van der Waals surface area contributed by atoms with E-state index in [9.17, 15) is 13.2 Å². The van der Waals surface area contributed by atoms with Crippen LogP contribution in [0.15, 0.2) is 17.2 Å². The maximum Gasteiger partial charge on any atom is 0.270 e. The molecule has 1 saturated heterocycles. The van der Waals surface area contributed by atoms with E-state index in [4.69, 9.17) is 5.14 Å². The minimum absolute atomic E-state index is 0.0315. The molecule has 1 atom stereocenters. The van der Waals surface area contributed by atoms with Crippen LogP contribution in [0.4, 0.5) is 0 Å². The van der Waals surface area contributed by atoms with E-state index in [2.05, 4.69) is 6.92 Å². The number of hydrogen-bond donors (Lipinski definition) is 1. The number of carbonyl (C=O) groups excluding carboxylic acids is 1. The first-order valence-electron chi connectivity index (χ1n) is 7.44. The number of rotatable bonds is 4. The topological polar surface area (TPSA) is 85.4 Å². The molecule has 2 heterocycles. The van der Waals surface area contributed by atoms with Gasteiger partial charge in [-0.1, -0.05) is 13.3 Å². The second-order valence-corrected chi connectivity index (χ2v) is 7.62. The zero-order valence-corrected chi connectivity index (χ0v) is 13.0. The van der Waals surface area contributed by atoms with Gasteiger partial charge in [0.15, 0.2) is 0 Å². The molecule has 2 N–H and O–H groups in total. The third-order valence-corrected chi connectivity index (χ3v) is 5.34. The maximum absolute atomic E-state index is 12.7. The molecule has 1 aliphatic carbocycles. The number of aromatic nitrogens is 1. The smallest absolute Gasteiger partial charge is 0.270 e. The van der Waals surface area contributed by atoms with Gasteiger partial charge < -0.3 is 9.47 Å². The van der Waals surface area contributed by atoms with Crippen LogP contribution >= 0.6 is 0 Å². The Kier molecular flexibility index (Phi) is 3.57. The fourth-order valence-electron chi connectivity index (χ4n) is 2.95. The fraction of sp³-hybridized carbons (Fsp3) is 0.643. The highest BCUT2D eigenvalue weighted by Crippen LogP contribution is 2.37. The highest BCUT2D eigenvalue weighted by atomic mass is 32.2. The van der Waals surface area contributed by atoms with E-state index in [1.807, 2.05) is 4.90 Å². The van der Waals surface area contributed by atoms with Gasteiger partial charge in [0.1, 0.15) is 10.6 Å². The van der Waals surface area contributed by atoms with Gasteiger partial charge in [0, 0.05) is 25.3 Å². The largest absolute Gasteiger partial charge is 0.339 e. The monoisotopic (exact) mass is 311 g/mol. The summed E-state index contributed by atoms with van der Waals surface area (Å²) in [7, 11) is -3.77. The summed E-state index contributed by atoms with van der Waals surface area (Å²) in [5.74, 6) is 0.476. The molecule has 3 rings (SSSR count). The molecule has 0 aromatic carbocycles. The molecule has 21 heavy (non-hydrogen) atoms. The van der Waals surface area contributed by atoms with Crippen LogP contribution in [0.2, 0.25) is 0 Å². The summed E-state index contributed by atoms with van der Waals surface area (Å²) < 4.78 is 24.8. The van der Waals surface area contributed by atoms with Crippen LogP contribution in [0.25, 0.3) is 0 Å². The van der Waals surface area contributed by atoms with Gasteiger partial charge in [-0.15, -0.1) is 0 Å². The fourth-order valence-corrected chi connectivity index (χ4v) is 3.48. The highest BCUT2D eigenvalue weighted by Gasteiger charge is 2.33. The normalized spacial score (nSPS) is 22.8. The second kappa shape index (κ2) is 5.14. The van der Waals surface area contributed by atoms with Crippen LogP contribution in [-0.2, 0) is 10.0 Å². The van der Waals surface area contributed by atoms with Crippen molar-refractivity contribution in [3.05, 3.63) is 18.0 Å². The van der Waals surface area contributed by atoms with Crippen molar-refractivity contribution in [3.8, 4) is 0 Å². The molecule has 1 aromatic heterocycles. The molecule has 1 amide bonds. The van der Waals surface area contributed by atoms with Crippen LogP contribution in [0.1, 0.15) is 49.1 Å². The first-order chi connectivity index (χ1) is 9.90. The standard InChI is InChI=1S/C14H21N3O3S/c1-2-10-5-6-16(8-10)14(18)13-7-12(21(15,19)20)9-17(13)11-3-4-11/h7,9-11H,2-6,8H2,1H3,(H2,15,19,20). The van der Waals surface area contributed by atoms with E-state index < -0.39 is 10.0 Å². The van der Waals surface area contributed by atoms with Crippen molar-refractivity contribution in [3.63, 3.8) is 0 Å². The molecule has 1 aromatic rings. The number of likely N-dealkylation sites (tertiary alicyclic amines) is 1. The molecule has 6 nitrogen and oxygen atoms in total. The van der Waals surface area contributed by atoms with Crippen LogP contribution in [0.3, 0.4) is 0 Å². The molecular weight excluding hydrogens is 290 g/mol. The predicted octanol–water partition coefficient (Wildman–Crippen LogP) is 1.34. The van der Waals surface area contributed by atoms with E-state index in [0.29, 0.717) is 11.6 Å². The quantitative estimate of drug-likeness (QED) is 0.910. The van der Waals surface area contributed by atoms with Gasteiger partial charge in [0.05, 0.1) is 0 Å². The molecule has 2 fully saturated rings. The second-order valence-electron chi connectivity index (χ2n) is 6.06. The summed E-state index contributed by atoms with van der Waals surface area (Å²) in [5, 5.41) is 5.19. The van der Waals surface area contributed by atoms with Crippen molar-refractivity contribution in [1.29, 1.82) is 0 Å². The minimum atomic E-state index is -3.77. The van der Waals surface area contributed by atoms with E-state index in [-0.39, 0.29) is 16.8 Å². The number of primary sulfonamides is 1. The third-order valence-electron chi connectivity index (χ3n) is 4.46.